The van der Waals surface area contributed by atoms with Crippen molar-refractivity contribution in [3.63, 3.8) is 0 Å². The summed E-state index contributed by atoms with van der Waals surface area (Å²) in [5.41, 5.74) is 0.895. The number of rotatable bonds is 2. The molecule has 0 amide bonds. The Morgan fingerprint density at radius 1 is 1.58 bits per heavy atom. The van der Waals surface area contributed by atoms with Crippen molar-refractivity contribution in [2.24, 2.45) is 0 Å². The van der Waals surface area contributed by atoms with Crippen LogP contribution in [0.4, 0.5) is 4.39 Å². The Kier molecular flexibility index (Phi) is 3.77. The van der Waals surface area contributed by atoms with Crippen LogP contribution in [0.15, 0.2) is 18.2 Å². The van der Waals surface area contributed by atoms with Gasteiger partial charge in [-0.2, -0.15) is 0 Å². The summed E-state index contributed by atoms with van der Waals surface area (Å²) >= 11 is 8.14. The number of benzene rings is 1. The minimum Gasteiger partial charge on any atom is -0.250 e. The summed E-state index contributed by atoms with van der Waals surface area (Å²) in [4.78, 5) is 0. The number of halogens is 3. The lowest BCUT2D eigenvalue weighted by atomic mass is 10.0. The molecule has 0 nitrogen and oxygen atoms in total. The van der Waals surface area contributed by atoms with Crippen LogP contribution in [0.1, 0.15) is 18.4 Å². The lowest BCUT2D eigenvalue weighted by molar-refractivity contribution is 0.447. The monoisotopic (exact) mass is 298 g/mol. The van der Waals surface area contributed by atoms with E-state index in [-0.39, 0.29) is 12.6 Å². The molecule has 1 aromatic rings. The molecular weight excluding hydrogens is 289 g/mol. The predicted molar refractivity (Wildman–Crippen MR) is 58.6 cm³/mol. The van der Waals surface area contributed by atoms with Crippen molar-refractivity contribution in [3.05, 3.63) is 32.4 Å². The minimum atomic E-state index is -0.361. The molecule has 0 aliphatic carbocycles. The van der Waals surface area contributed by atoms with Crippen molar-refractivity contribution in [1.29, 1.82) is 0 Å². The van der Waals surface area contributed by atoms with Gasteiger partial charge in [0.15, 0.2) is 0 Å². The van der Waals surface area contributed by atoms with Crippen LogP contribution in [0.2, 0.25) is 5.02 Å². The van der Waals surface area contributed by atoms with Crippen molar-refractivity contribution in [2.75, 3.05) is 6.67 Å². The van der Waals surface area contributed by atoms with Crippen LogP contribution in [-0.4, -0.2) is 6.67 Å². The van der Waals surface area contributed by atoms with Crippen molar-refractivity contribution in [3.8, 4) is 0 Å². The lowest BCUT2D eigenvalue weighted by Crippen LogP contribution is -1.97. The molecular formula is C9H9ClFI. The highest BCUT2D eigenvalue weighted by Gasteiger charge is 2.10. The molecule has 0 saturated heterocycles. The lowest BCUT2D eigenvalue weighted by Gasteiger charge is -2.09. The largest absolute Gasteiger partial charge is 0.250 e. The average molecular weight is 299 g/mol. The predicted octanol–water partition coefficient (Wildman–Crippen LogP) is 4.02. The molecule has 0 saturated carbocycles. The Labute approximate surface area is 90.3 Å². The van der Waals surface area contributed by atoms with E-state index in [1.54, 1.807) is 0 Å². The van der Waals surface area contributed by atoms with Gasteiger partial charge in [0.2, 0.25) is 0 Å². The molecule has 0 aromatic heterocycles. The minimum absolute atomic E-state index is 0.104. The first kappa shape index (κ1) is 10.3. The van der Waals surface area contributed by atoms with Crippen molar-refractivity contribution >= 4 is 34.2 Å². The molecule has 1 atom stereocenters. The summed E-state index contributed by atoms with van der Waals surface area (Å²) in [6.07, 6.45) is 0. The van der Waals surface area contributed by atoms with Crippen LogP contribution in [0.5, 0.6) is 0 Å². The standard InChI is InChI=1S/C9H9ClFI/c1-6(5-11)7-3-2-4-8(12)9(7)10/h2-4,6H,5H2,1H3. The second kappa shape index (κ2) is 4.42. The topological polar surface area (TPSA) is 0 Å². The highest BCUT2D eigenvalue weighted by molar-refractivity contribution is 14.1. The molecule has 1 aromatic carbocycles. The van der Waals surface area contributed by atoms with Crippen LogP contribution >= 0.6 is 34.2 Å². The average Bonchev–Trinajstić information content (AvgIpc) is 2.08. The maximum Gasteiger partial charge on any atom is 0.0960 e. The quantitative estimate of drug-likeness (QED) is 0.724. The van der Waals surface area contributed by atoms with Gasteiger partial charge in [-0.3, -0.25) is 4.39 Å². The molecule has 0 aliphatic heterocycles. The van der Waals surface area contributed by atoms with Gasteiger partial charge in [-0.05, 0) is 34.2 Å². The van der Waals surface area contributed by atoms with Crippen LogP contribution < -0.4 is 0 Å². The Bertz CT molecular complexity index is 275. The third kappa shape index (κ3) is 2.10. The molecule has 0 radical (unpaired) electrons. The van der Waals surface area contributed by atoms with E-state index in [2.05, 4.69) is 22.6 Å². The zero-order valence-electron chi connectivity index (χ0n) is 6.65. The van der Waals surface area contributed by atoms with E-state index in [1.807, 2.05) is 25.1 Å². The normalized spacial score (nSPS) is 13.0. The molecule has 1 unspecified atom stereocenters. The highest BCUT2D eigenvalue weighted by atomic mass is 127. The van der Waals surface area contributed by atoms with Crippen LogP contribution in [0.3, 0.4) is 0 Å². The first-order valence-corrected chi connectivity index (χ1v) is 5.12. The summed E-state index contributed by atoms with van der Waals surface area (Å²) in [6, 6.07) is 5.68. The first-order chi connectivity index (χ1) is 5.66. The first-order valence-electron chi connectivity index (χ1n) is 3.66. The number of hydrogen-bond donors (Lipinski definition) is 0. The molecule has 0 spiro atoms. The van der Waals surface area contributed by atoms with E-state index in [9.17, 15) is 4.39 Å². The van der Waals surface area contributed by atoms with E-state index in [1.165, 1.54) is 0 Å². The third-order valence-corrected chi connectivity index (χ3v) is 3.38. The molecule has 66 valence electrons. The molecule has 0 bridgehead atoms. The summed E-state index contributed by atoms with van der Waals surface area (Å²) in [5, 5.41) is 0.684. The smallest absolute Gasteiger partial charge is 0.0960 e. The highest BCUT2D eigenvalue weighted by Crippen LogP contribution is 2.28. The molecule has 12 heavy (non-hydrogen) atoms. The molecule has 3 heteroatoms. The molecule has 1 rings (SSSR count). The van der Waals surface area contributed by atoms with E-state index >= 15 is 0 Å². The molecule has 0 aliphatic rings. The Morgan fingerprint density at radius 2 is 2.25 bits per heavy atom. The summed E-state index contributed by atoms with van der Waals surface area (Å²) < 4.78 is 13.3. The second-order valence-corrected chi connectivity index (χ2v) is 4.24. The van der Waals surface area contributed by atoms with Crippen LogP contribution in [0.25, 0.3) is 0 Å². The summed E-state index contributed by atoms with van der Waals surface area (Å²) in [5.74, 6) is -0.104. The van der Waals surface area contributed by atoms with E-state index in [0.717, 1.165) is 9.13 Å². The van der Waals surface area contributed by atoms with Crippen molar-refractivity contribution in [2.45, 2.75) is 12.8 Å². The van der Waals surface area contributed by atoms with Gasteiger partial charge in [0.25, 0.3) is 0 Å². The van der Waals surface area contributed by atoms with Gasteiger partial charge in [-0.15, -0.1) is 0 Å². The van der Waals surface area contributed by atoms with Crippen molar-refractivity contribution in [1.82, 2.24) is 0 Å². The zero-order chi connectivity index (χ0) is 9.14. The van der Waals surface area contributed by atoms with Gasteiger partial charge in [0.1, 0.15) is 0 Å². The SMILES string of the molecule is CC(CF)c1cccc(I)c1Cl. The zero-order valence-corrected chi connectivity index (χ0v) is 9.56. The second-order valence-electron chi connectivity index (χ2n) is 2.70. The van der Waals surface area contributed by atoms with E-state index in [4.69, 9.17) is 11.6 Å². The fraction of sp³-hybridized carbons (Fsp3) is 0.333. The van der Waals surface area contributed by atoms with Gasteiger partial charge < -0.3 is 0 Å². The van der Waals surface area contributed by atoms with Crippen LogP contribution in [0, 0.1) is 3.57 Å². The Morgan fingerprint density at radius 3 is 2.83 bits per heavy atom. The fourth-order valence-corrected chi connectivity index (χ4v) is 1.82. The van der Waals surface area contributed by atoms with Crippen LogP contribution in [-0.2, 0) is 0 Å². The van der Waals surface area contributed by atoms with Gasteiger partial charge >= 0.3 is 0 Å². The maximum atomic E-state index is 12.3. The number of hydrogen-bond acceptors (Lipinski definition) is 0. The Balaban J connectivity index is 3.07. The molecule has 0 fully saturated rings. The van der Waals surface area contributed by atoms with Gasteiger partial charge in [-0.1, -0.05) is 30.7 Å². The Hall–Kier alpha value is 0.170. The van der Waals surface area contributed by atoms with Gasteiger partial charge in [-0.25, -0.2) is 0 Å². The van der Waals surface area contributed by atoms with Gasteiger partial charge in [0, 0.05) is 9.49 Å². The molecule has 0 heterocycles. The third-order valence-electron chi connectivity index (χ3n) is 1.74. The van der Waals surface area contributed by atoms with E-state index in [0.29, 0.717) is 5.02 Å². The maximum absolute atomic E-state index is 12.3. The summed E-state index contributed by atoms with van der Waals surface area (Å²) in [7, 11) is 0. The summed E-state index contributed by atoms with van der Waals surface area (Å²) in [6.45, 7) is 1.47. The number of alkyl halides is 1. The van der Waals surface area contributed by atoms with E-state index < -0.39 is 0 Å². The van der Waals surface area contributed by atoms with Crippen molar-refractivity contribution < 1.29 is 4.39 Å². The fourth-order valence-electron chi connectivity index (χ4n) is 0.984. The molecule has 0 N–H and O–H groups in total. The van der Waals surface area contributed by atoms with Gasteiger partial charge in [0.05, 0.1) is 11.7 Å².